The first kappa shape index (κ1) is 12.1. The number of fused-ring (bicyclic) bond motifs is 1. The third-order valence-corrected chi connectivity index (χ3v) is 3.62. The Bertz CT molecular complexity index is 653. The summed E-state index contributed by atoms with van der Waals surface area (Å²) >= 11 is 0. The van der Waals surface area contributed by atoms with Gasteiger partial charge in [-0.2, -0.15) is 0 Å². The highest BCUT2D eigenvalue weighted by Gasteiger charge is 2.30. The first-order valence-corrected chi connectivity index (χ1v) is 6.64. The Hall–Kier alpha value is -1.97. The summed E-state index contributed by atoms with van der Waals surface area (Å²) in [5.74, 6) is -0.138. The molecule has 0 aliphatic heterocycles. The highest BCUT2D eigenvalue weighted by molar-refractivity contribution is 6.06. The molecular weight excluding hydrogens is 242 g/mol. The molecule has 3 rings (SSSR count). The average Bonchev–Trinajstić information content (AvgIpc) is 3.13. The van der Waals surface area contributed by atoms with E-state index in [0.717, 1.165) is 29.4 Å². The lowest BCUT2D eigenvalue weighted by Crippen LogP contribution is -2.07. The molecule has 4 heteroatoms. The molecule has 1 aromatic heterocycles. The van der Waals surface area contributed by atoms with E-state index in [4.69, 9.17) is 4.74 Å². The number of ether oxygens (including phenoxy) is 1. The fraction of sp³-hybridized carbons (Fsp3) is 0.400. The van der Waals surface area contributed by atoms with E-state index in [-0.39, 0.29) is 11.7 Å². The molecule has 100 valence electrons. The summed E-state index contributed by atoms with van der Waals surface area (Å²) in [5.41, 5.74) is 2.52. The first-order valence-electron chi connectivity index (χ1n) is 6.64. The van der Waals surface area contributed by atoms with Gasteiger partial charge in [0.1, 0.15) is 5.75 Å². The smallest absolute Gasteiger partial charge is 0.340 e. The van der Waals surface area contributed by atoms with Gasteiger partial charge in [-0.1, -0.05) is 0 Å². The minimum Gasteiger partial charge on any atom is -0.508 e. The number of phenols is 1. The summed E-state index contributed by atoms with van der Waals surface area (Å²) < 4.78 is 7.33. The lowest BCUT2D eigenvalue weighted by molar-refractivity contribution is 0.0527. The highest BCUT2D eigenvalue weighted by Crippen LogP contribution is 2.41. The number of esters is 1. The predicted molar refractivity (Wildman–Crippen MR) is 72.6 cm³/mol. The van der Waals surface area contributed by atoms with Crippen LogP contribution in [0, 0.1) is 6.92 Å². The molecule has 1 aromatic carbocycles. The SMILES string of the molecule is CCOC(=O)c1c(C)n(C2CC2)c2ccc(O)cc12. The van der Waals surface area contributed by atoms with Gasteiger partial charge in [-0.3, -0.25) is 0 Å². The topological polar surface area (TPSA) is 51.5 Å². The first-order chi connectivity index (χ1) is 9.13. The third-order valence-electron chi connectivity index (χ3n) is 3.62. The Balaban J connectivity index is 2.26. The summed E-state index contributed by atoms with van der Waals surface area (Å²) in [6.07, 6.45) is 2.29. The van der Waals surface area contributed by atoms with Gasteiger partial charge in [-0.05, 0) is 44.9 Å². The van der Waals surface area contributed by atoms with E-state index in [0.29, 0.717) is 18.2 Å². The number of rotatable bonds is 3. The van der Waals surface area contributed by atoms with E-state index < -0.39 is 0 Å². The summed E-state index contributed by atoms with van der Waals surface area (Å²) in [7, 11) is 0. The Morgan fingerprint density at radius 2 is 2.21 bits per heavy atom. The second-order valence-electron chi connectivity index (χ2n) is 4.98. The number of aromatic hydroxyl groups is 1. The monoisotopic (exact) mass is 259 g/mol. The zero-order valence-electron chi connectivity index (χ0n) is 11.1. The lowest BCUT2D eigenvalue weighted by Gasteiger charge is -2.06. The van der Waals surface area contributed by atoms with E-state index in [1.165, 1.54) is 0 Å². The van der Waals surface area contributed by atoms with E-state index in [1.54, 1.807) is 19.1 Å². The van der Waals surface area contributed by atoms with Crippen molar-refractivity contribution in [3.05, 3.63) is 29.5 Å². The molecule has 4 nitrogen and oxygen atoms in total. The van der Waals surface area contributed by atoms with Crippen molar-refractivity contribution in [2.24, 2.45) is 0 Å². The maximum absolute atomic E-state index is 12.1. The van der Waals surface area contributed by atoms with Crippen molar-refractivity contribution < 1.29 is 14.6 Å². The quantitative estimate of drug-likeness (QED) is 0.861. The molecule has 1 N–H and O–H groups in total. The summed E-state index contributed by atoms with van der Waals surface area (Å²) in [4.78, 5) is 12.1. The van der Waals surface area contributed by atoms with Crippen LogP contribution in [0.2, 0.25) is 0 Å². The Morgan fingerprint density at radius 3 is 2.84 bits per heavy atom. The average molecular weight is 259 g/mol. The number of phenolic OH excluding ortho intramolecular Hbond substituents is 1. The van der Waals surface area contributed by atoms with Crippen molar-refractivity contribution in [1.82, 2.24) is 4.57 Å². The number of aromatic nitrogens is 1. The molecule has 1 fully saturated rings. The predicted octanol–water partition coefficient (Wildman–Crippen LogP) is 3.17. The van der Waals surface area contributed by atoms with Crippen LogP contribution in [0.3, 0.4) is 0 Å². The minimum atomic E-state index is -0.310. The van der Waals surface area contributed by atoms with Crippen molar-refractivity contribution in [2.75, 3.05) is 6.61 Å². The molecule has 1 aliphatic carbocycles. The largest absolute Gasteiger partial charge is 0.508 e. The summed E-state index contributed by atoms with van der Waals surface area (Å²) in [6.45, 7) is 4.10. The van der Waals surface area contributed by atoms with Gasteiger partial charge < -0.3 is 14.4 Å². The van der Waals surface area contributed by atoms with Crippen molar-refractivity contribution in [3.63, 3.8) is 0 Å². The Morgan fingerprint density at radius 1 is 1.47 bits per heavy atom. The molecule has 19 heavy (non-hydrogen) atoms. The molecule has 0 bridgehead atoms. The highest BCUT2D eigenvalue weighted by atomic mass is 16.5. The molecule has 1 heterocycles. The number of carbonyl (C=O) groups excluding carboxylic acids is 1. The van der Waals surface area contributed by atoms with Gasteiger partial charge in [0.25, 0.3) is 0 Å². The maximum Gasteiger partial charge on any atom is 0.340 e. The Kier molecular flexibility index (Phi) is 2.73. The van der Waals surface area contributed by atoms with Crippen LogP contribution in [0.1, 0.15) is 41.9 Å². The molecular formula is C15H17NO3. The normalized spacial score (nSPS) is 14.8. The van der Waals surface area contributed by atoms with Gasteiger partial charge in [-0.25, -0.2) is 4.79 Å². The summed E-state index contributed by atoms with van der Waals surface area (Å²) in [6, 6.07) is 5.66. The van der Waals surface area contributed by atoms with Crippen molar-refractivity contribution >= 4 is 16.9 Å². The second kappa shape index (κ2) is 4.30. The van der Waals surface area contributed by atoms with Gasteiger partial charge in [0.15, 0.2) is 0 Å². The molecule has 0 saturated heterocycles. The van der Waals surface area contributed by atoms with Crippen LogP contribution >= 0.6 is 0 Å². The summed E-state index contributed by atoms with van der Waals surface area (Å²) in [5, 5.41) is 10.4. The van der Waals surface area contributed by atoms with Crippen LogP contribution in [0.25, 0.3) is 10.9 Å². The maximum atomic E-state index is 12.1. The molecule has 1 saturated carbocycles. The van der Waals surface area contributed by atoms with Crippen molar-refractivity contribution in [1.29, 1.82) is 0 Å². The van der Waals surface area contributed by atoms with Gasteiger partial charge in [0, 0.05) is 22.6 Å². The van der Waals surface area contributed by atoms with E-state index in [9.17, 15) is 9.90 Å². The van der Waals surface area contributed by atoms with E-state index in [2.05, 4.69) is 4.57 Å². The van der Waals surface area contributed by atoms with Crippen molar-refractivity contribution in [3.8, 4) is 5.75 Å². The van der Waals surface area contributed by atoms with Gasteiger partial charge in [0.05, 0.1) is 12.2 Å². The lowest BCUT2D eigenvalue weighted by atomic mass is 10.1. The molecule has 0 atom stereocenters. The second-order valence-corrected chi connectivity index (χ2v) is 4.98. The number of nitrogens with zero attached hydrogens (tertiary/aromatic N) is 1. The number of carbonyl (C=O) groups is 1. The van der Waals surface area contributed by atoms with E-state index >= 15 is 0 Å². The van der Waals surface area contributed by atoms with Gasteiger partial charge in [0.2, 0.25) is 0 Å². The molecule has 2 aromatic rings. The molecule has 0 radical (unpaired) electrons. The van der Waals surface area contributed by atoms with Crippen LogP contribution in [-0.2, 0) is 4.74 Å². The zero-order chi connectivity index (χ0) is 13.6. The zero-order valence-corrected chi connectivity index (χ0v) is 11.1. The molecule has 1 aliphatic rings. The Labute approximate surface area is 111 Å². The van der Waals surface area contributed by atoms with Gasteiger partial charge in [-0.15, -0.1) is 0 Å². The van der Waals surface area contributed by atoms with Crippen LogP contribution in [0.15, 0.2) is 18.2 Å². The van der Waals surface area contributed by atoms with Crippen LogP contribution in [-0.4, -0.2) is 22.2 Å². The minimum absolute atomic E-state index is 0.172. The van der Waals surface area contributed by atoms with Gasteiger partial charge >= 0.3 is 5.97 Å². The number of benzene rings is 1. The third kappa shape index (κ3) is 1.87. The molecule has 0 spiro atoms. The number of hydrogen-bond acceptors (Lipinski definition) is 3. The van der Waals surface area contributed by atoms with Crippen LogP contribution < -0.4 is 0 Å². The molecule has 0 amide bonds. The van der Waals surface area contributed by atoms with Crippen molar-refractivity contribution in [2.45, 2.75) is 32.7 Å². The molecule has 0 unspecified atom stereocenters. The fourth-order valence-electron chi connectivity index (χ4n) is 2.69. The van der Waals surface area contributed by atoms with E-state index in [1.807, 2.05) is 13.0 Å². The van der Waals surface area contributed by atoms with Crippen LogP contribution in [0.5, 0.6) is 5.75 Å². The standard InChI is InChI=1S/C15H17NO3/c1-3-19-15(18)14-9(2)16(10-4-5-10)13-7-6-11(17)8-12(13)14/h6-8,10,17H,3-5H2,1-2H3. The van der Waals surface area contributed by atoms with Crippen LogP contribution in [0.4, 0.5) is 0 Å². The fourth-order valence-corrected chi connectivity index (χ4v) is 2.69. The number of hydrogen-bond donors (Lipinski definition) is 1.